The van der Waals surface area contributed by atoms with E-state index in [1.807, 2.05) is 24.3 Å². The zero-order chi connectivity index (χ0) is 15.2. The number of carbonyl (C=O) groups is 2. The van der Waals surface area contributed by atoms with Crippen molar-refractivity contribution in [1.82, 2.24) is 5.32 Å². The van der Waals surface area contributed by atoms with Crippen molar-refractivity contribution < 1.29 is 14.7 Å². The van der Waals surface area contributed by atoms with Gasteiger partial charge >= 0.3 is 5.97 Å². The van der Waals surface area contributed by atoms with Gasteiger partial charge < -0.3 is 10.4 Å². The van der Waals surface area contributed by atoms with Crippen LogP contribution < -0.4 is 5.32 Å². The molecule has 1 aliphatic rings. The number of carboxylic acids is 1. The molecular formula is C16H20ClNO3. The SMILES string of the molecule is O=C(NCCc1ccc(Cl)cc1)[C@H]1CCCC[C@H]1C(=O)O. The summed E-state index contributed by atoms with van der Waals surface area (Å²) in [5.41, 5.74) is 1.10. The van der Waals surface area contributed by atoms with Crippen LogP contribution in [0, 0.1) is 11.8 Å². The Morgan fingerprint density at radius 1 is 1.14 bits per heavy atom. The second kappa shape index (κ2) is 7.46. The molecule has 2 rings (SSSR count). The average Bonchev–Trinajstić information content (AvgIpc) is 2.49. The predicted molar refractivity (Wildman–Crippen MR) is 81.2 cm³/mol. The van der Waals surface area contributed by atoms with Gasteiger partial charge in [0.05, 0.1) is 11.8 Å². The van der Waals surface area contributed by atoms with Crippen molar-refractivity contribution in [3.63, 3.8) is 0 Å². The number of aliphatic carboxylic acids is 1. The summed E-state index contributed by atoms with van der Waals surface area (Å²) >= 11 is 5.82. The first-order valence-electron chi connectivity index (χ1n) is 7.33. The van der Waals surface area contributed by atoms with E-state index in [0.29, 0.717) is 30.8 Å². The molecule has 1 amide bonds. The Morgan fingerprint density at radius 2 is 1.76 bits per heavy atom. The van der Waals surface area contributed by atoms with Crippen molar-refractivity contribution in [3.05, 3.63) is 34.9 Å². The molecule has 1 aromatic carbocycles. The van der Waals surface area contributed by atoms with Gasteiger partial charge in [-0.25, -0.2) is 0 Å². The number of hydrogen-bond acceptors (Lipinski definition) is 2. The summed E-state index contributed by atoms with van der Waals surface area (Å²) in [5.74, 6) is -1.90. The third-order valence-corrected chi connectivity index (χ3v) is 4.30. The quantitative estimate of drug-likeness (QED) is 0.879. The van der Waals surface area contributed by atoms with E-state index in [9.17, 15) is 14.7 Å². The third-order valence-electron chi connectivity index (χ3n) is 4.05. The summed E-state index contributed by atoms with van der Waals surface area (Å²) in [6, 6.07) is 7.49. The molecule has 5 heteroatoms. The maximum absolute atomic E-state index is 12.2. The van der Waals surface area contributed by atoms with Gasteiger partial charge in [0.25, 0.3) is 0 Å². The molecule has 1 aliphatic carbocycles. The molecule has 1 aromatic rings. The molecule has 0 aromatic heterocycles. The summed E-state index contributed by atoms with van der Waals surface area (Å²) in [6.07, 6.45) is 3.81. The lowest BCUT2D eigenvalue weighted by Crippen LogP contribution is -2.40. The Morgan fingerprint density at radius 3 is 2.38 bits per heavy atom. The van der Waals surface area contributed by atoms with Crippen LogP contribution in [-0.2, 0) is 16.0 Å². The maximum atomic E-state index is 12.2. The van der Waals surface area contributed by atoms with Gasteiger partial charge in [0.15, 0.2) is 0 Å². The summed E-state index contributed by atoms with van der Waals surface area (Å²) in [7, 11) is 0. The van der Waals surface area contributed by atoms with E-state index in [2.05, 4.69) is 5.32 Å². The minimum absolute atomic E-state index is 0.129. The molecular weight excluding hydrogens is 290 g/mol. The molecule has 2 atom stereocenters. The Kier molecular flexibility index (Phi) is 5.62. The molecule has 0 heterocycles. The van der Waals surface area contributed by atoms with E-state index in [0.717, 1.165) is 18.4 Å². The van der Waals surface area contributed by atoms with Crippen molar-refractivity contribution >= 4 is 23.5 Å². The maximum Gasteiger partial charge on any atom is 0.307 e. The number of hydrogen-bond donors (Lipinski definition) is 2. The van der Waals surface area contributed by atoms with E-state index in [-0.39, 0.29) is 11.8 Å². The van der Waals surface area contributed by atoms with Crippen molar-refractivity contribution in [2.24, 2.45) is 11.8 Å². The molecule has 1 fully saturated rings. The standard InChI is InChI=1S/C16H20ClNO3/c17-12-7-5-11(6-8-12)9-10-18-15(19)13-3-1-2-4-14(13)16(20)21/h5-8,13-14H,1-4,9-10H2,(H,18,19)(H,20,21)/t13-,14+/m0/s1. The smallest absolute Gasteiger partial charge is 0.307 e. The van der Waals surface area contributed by atoms with Crippen molar-refractivity contribution in [2.45, 2.75) is 32.1 Å². The molecule has 0 bridgehead atoms. The molecule has 21 heavy (non-hydrogen) atoms. The second-order valence-electron chi connectivity index (χ2n) is 5.50. The fourth-order valence-corrected chi connectivity index (χ4v) is 2.98. The van der Waals surface area contributed by atoms with Crippen LogP contribution in [0.3, 0.4) is 0 Å². The lowest BCUT2D eigenvalue weighted by Gasteiger charge is -2.27. The first kappa shape index (κ1) is 15.8. The number of nitrogens with one attached hydrogen (secondary N) is 1. The van der Waals surface area contributed by atoms with E-state index >= 15 is 0 Å². The lowest BCUT2D eigenvalue weighted by atomic mass is 9.78. The highest BCUT2D eigenvalue weighted by Gasteiger charge is 2.35. The van der Waals surface area contributed by atoms with Crippen LogP contribution in [0.2, 0.25) is 5.02 Å². The molecule has 0 unspecified atom stereocenters. The number of amides is 1. The Labute approximate surface area is 129 Å². The topological polar surface area (TPSA) is 66.4 Å². The number of halogens is 1. The Balaban J connectivity index is 1.83. The average molecular weight is 310 g/mol. The monoisotopic (exact) mass is 309 g/mol. The number of benzene rings is 1. The van der Waals surface area contributed by atoms with E-state index in [1.165, 1.54) is 0 Å². The van der Waals surface area contributed by atoms with Gasteiger partial charge in [-0.2, -0.15) is 0 Å². The van der Waals surface area contributed by atoms with Gasteiger partial charge in [0, 0.05) is 11.6 Å². The fourth-order valence-electron chi connectivity index (χ4n) is 2.85. The van der Waals surface area contributed by atoms with Crippen LogP contribution >= 0.6 is 11.6 Å². The summed E-state index contributed by atoms with van der Waals surface area (Å²) in [6.45, 7) is 0.517. The number of carboxylic acid groups (broad SMARTS) is 1. The summed E-state index contributed by atoms with van der Waals surface area (Å²) < 4.78 is 0. The Bertz CT molecular complexity index is 501. The van der Waals surface area contributed by atoms with Gasteiger partial charge in [-0.1, -0.05) is 36.6 Å². The number of carbonyl (C=O) groups excluding carboxylic acids is 1. The van der Waals surface area contributed by atoms with Gasteiger partial charge in [0.2, 0.25) is 5.91 Å². The van der Waals surface area contributed by atoms with E-state index in [4.69, 9.17) is 11.6 Å². The zero-order valence-corrected chi connectivity index (χ0v) is 12.6. The fraction of sp³-hybridized carbons (Fsp3) is 0.500. The highest BCUT2D eigenvalue weighted by molar-refractivity contribution is 6.30. The van der Waals surface area contributed by atoms with Crippen molar-refractivity contribution in [2.75, 3.05) is 6.54 Å². The van der Waals surface area contributed by atoms with Crippen molar-refractivity contribution in [3.8, 4) is 0 Å². The molecule has 0 saturated heterocycles. The van der Waals surface area contributed by atoms with Crippen molar-refractivity contribution in [1.29, 1.82) is 0 Å². The van der Waals surface area contributed by atoms with Crippen LogP contribution in [0.25, 0.3) is 0 Å². The molecule has 0 radical (unpaired) electrons. The van der Waals surface area contributed by atoms with Crippen LogP contribution in [-0.4, -0.2) is 23.5 Å². The van der Waals surface area contributed by atoms with E-state index in [1.54, 1.807) is 0 Å². The third kappa shape index (κ3) is 4.46. The van der Waals surface area contributed by atoms with Crippen LogP contribution in [0.15, 0.2) is 24.3 Å². The normalized spacial score (nSPS) is 21.8. The largest absolute Gasteiger partial charge is 0.481 e. The highest BCUT2D eigenvalue weighted by Crippen LogP contribution is 2.30. The van der Waals surface area contributed by atoms with Gasteiger partial charge in [0.1, 0.15) is 0 Å². The summed E-state index contributed by atoms with van der Waals surface area (Å²) in [5, 5.41) is 12.7. The summed E-state index contributed by atoms with van der Waals surface area (Å²) in [4.78, 5) is 23.4. The molecule has 4 nitrogen and oxygen atoms in total. The first-order valence-corrected chi connectivity index (χ1v) is 7.70. The highest BCUT2D eigenvalue weighted by atomic mass is 35.5. The van der Waals surface area contributed by atoms with E-state index < -0.39 is 11.9 Å². The van der Waals surface area contributed by atoms with Gasteiger partial charge in [-0.3, -0.25) is 9.59 Å². The molecule has 2 N–H and O–H groups in total. The molecule has 114 valence electrons. The minimum Gasteiger partial charge on any atom is -0.481 e. The lowest BCUT2D eigenvalue weighted by molar-refractivity contribution is -0.148. The predicted octanol–water partition coefficient (Wildman–Crippen LogP) is 2.89. The zero-order valence-electron chi connectivity index (χ0n) is 11.8. The van der Waals surface area contributed by atoms with Gasteiger partial charge in [-0.05, 0) is 37.0 Å². The van der Waals surface area contributed by atoms with Crippen LogP contribution in [0.4, 0.5) is 0 Å². The van der Waals surface area contributed by atoms with Crippen LogP contribution in [0.5, 0.6) is 0 Å². The molecule has 0 spiro atoms. The Hall–Kier alpha value is -1.55. The molecule has 0 aliphatic heterocycles. The number of rotatable bonds is 5. The first-order chi connectivity index (χ1) is 10.1. The molecule has 1 saturated carbocycles. The second-order valence-corrected chi connectivity index (χ2v) is 5.94. The van der Waals surface area contributed by atoms with Crippen LogP contribution in [0.1, 0.15) is 31.2 Å². The van der Waals surface area contributed by atoms with Gasteiger partial charge in [-0.15, -0.1) is 0 Å². The minimum atomic E-state index is -0.854.